The van der Waals surface area contributed by atoms with Crippen molar-refractivity contribution in [2.45, 2.75) is 25.3 Å². The van der Waals surface area contributed by atoms with Gasteiger partial charge in [0.2, 0.25) is 0 Å². The van der Waals surface area contributed by atoms with Gasteiger partial charge < -0.3 is 15.4 Å². The predicted molar refractivity (Wildman–Crippen MR) is 78.2 cm³/mol. The molecule has 1 aromatic rings. The predicted octanol–water partition coefficient (Wildman–Crippen LogP) is 1.99. The zero-order valence-electron chi connectivity index (χ0n) is 11.4. The summed E-state index contributed by atoms with van der Waals surface area (Å²) in [6.45, 7) is 3.99. The maximum absolute atomic E-state index is 12.3. The third kappa shape index (κ3) is 3.85. The van der Waals surface area contributed by atoms with Crippen LogP contribution in [0.2, 0.25) is 0 Å². The van der Waals surface area contributed by atoms with Crippen molar-refractivity contribution in [3.05, 3.63) is 29.8 Å². The molecule has 0 atom stereocenters. The first-order chi connectivity index (χ1) is 8.64. The third-order valence-corrected chi connectivity index (χ3v) is 3.47. The molecule has 0 aromatic heterocycles. The van der Waals surface area contributed by atoms with Crippen LogP contribution in [0.5, 0.6) is 5.75 Å². The lowest BCUT2D eigenvalue weighted by Gasteiger charge is -2.35. The van der Waals surface area contributed by atoms with Gasteiger partial charge in [0.25, 0.3) is 5.91 Å². The Kier molecular flexibility index (Phi) is 5.63. The lowest BCUT2D eigenvalue weighted by Crippen LogP contribution is -2.52. The fraction of sp³-hybridized carbons (Fsp3) is 0.500. The molecule has 2 rings (SSSR count). The summed E-state index contributed by atoms with van der Waals surface area (Å²) >= 11 is 0. The van der Waals surface area contributed by atoms with Gasteiger partial charge in [-0.2, -0.15) is 0 Å². The average molecular weight is 285 g/mol. The van der Waals surface area contributed by atoms with Crippen molar-refractivity contribution in [1.29, 1.82) is 0 Å². The van der Waals surface area contributed by atoms with Gasteiger partial charge in [0.05, 0.1) is 12.7 Å². The Hall–Kier alpha value is -1.26. The first-order valence-electron chi connectivity index (χ1n) is 6.31. The maximum Gasteiger partial charge on any atom is 0.255 e. The molecule has 1 fully saturated rings. The minimum atomic E-state index is -0.122. The van der Waals surface area contributed by atoms with E-state index in [-0.39, 0.29) is 23.9 Å². The highest BCUT2D eigenvalue weighted by Crippen LogP contribution is 2.21. The molecule has 1 saturated heterocycles. The van der Waals surface area contributed by atoms with E-state index in [1.165, 1.54) is 0 Å². The fourth-order valence-corrected chi connectivity index (χ4v) is 2.28. The topological polar surface area (TPSA) is 50.4 Å². The number of para-hydroxylation sites is 1. The molecule has 0 spiro atoms. The standard InChI is InChI=1S/C14H20N2O2.ClH/c1-14(7-9-15-10-8-14)16-13(17)11-5-3-4-6-12(11)18-2;/h3-6,15H,7-10H2,1-2H3,(H,16,17);1H. The number of hydrogen-bond acceptors (Lipinski definition) is 3. The number of carbonyl (C=O) groups excluding carboxylic acids is 1. The van der Waals surface area contributed by atoms with E-state index in [0.717, 1.165) is 25.9 Å². The highest BCUT2D eigenvalue weighted by atomic mass is 35.5. The number of benzene rings is 1. The van der Waals surface area contributed by atoms with Gasteiger partial charge >= 0.3 is 0 Å². The van der Waals surface area contributed by atoms with Crippen LogP contribution in [0.1, 0.15) is 30.1 Å². The number of methoxy groups -OCH3 is 1. The smallest absolute Gasteiger partial charge is 0.255 e. The van der Waals surface area contributed by atoms with Gasteiger partial charge in [0.1, 0.15) is 5.75 Å². The van der Waals surface area contributed by atoms with Gasteiger partial charge in [-0.15, -0.1) is 12.4 Å². The second kappa shape index (κ2) is 6.78. The molecule has 1 aliphatic rings. The average Bonchev–Trinajstić information content (AvgIpc) is 2.39. The zero-order valence-corrected chi connectivity index (χ0v) is 12.2. The Balaban J connectivity index is 0.00000180. The van der Waals surface area contributed by atoms with E-state index < -0.39 is 0 Å². The van der Waals surface area contributed by atoms with Crippen LogP contribution in [0.3, 0.4) is 0 Å². The van der Waals surface area contributed by atoms with E-state index in [1.807, 2.05) is 12.1 Å². The van der Waals surface area contributed by atoms with E-state index in [9.17, 15) is 4.79 Å². The van der Waals surface area contributed by atoms with Crippen LogP contribution >= 0.6 is 12.4 Å². The first-order valence-corrected chi connectivity index (χ1v) is 6.31. The molecule has 0 radical (unpaired) electrons. The Morgan fingerprint density at radius 2 is 1.95 bits per heavy atom. The Morgan fingerprint density at radius 3 is 2.58 bits per heavy atom. The summed E-state index contributed by atoms with van der Waals surface area (Å²) in [5.41, 5.74) is 0.475. The monoisotopic (exact) mass is 284 g/mol. The van der Waals surface area contributed by atoms with Crippen molar-refractivity contribution < 1.29 is 9.53 Å². The van der Waals surface area contributed by atoms with Gasteiger partial charge in [-0.1, -0.05) is 12.1 Å². The van der Waals surface area contributed by atoms with Crippen molar-refractivity contribution in [3.63, 3.8) is 0 Å². The molecular formula is C14H21ClN2O2. The lowest BCUT2D eigenvalue weighted by molar-refractivity contribution is 0.0884. The quantitative estimate of drug-likeness (QED) is 0.892. The lowest BCUT2D eigenvalue weighted by atomic mass is 9.90. The molecule has 0 aliphatic carbocycles. The molecular weight excluding hydrogens is 264 g/mol. The van der Waals surface area contributed by atoms with E-state index in [4.69, 9.17) is 4.74 Å². The Morgan fingerprint density at radius 1 is 1.32 bits per heavy atom. The summed E-state index contributed by atoms with van der Waals surface area (Å²) in [7, 11) is 1.58. The highest BCUT2D eigenvalue weighted by Gasteiger charge is 2.29. The number of amides is 1. The van der Waals surface area contributed by atoms with Crippen molar-refractivity contribution in [3.8, 4) is 5.75 Å². The second-order valence-corrected chi connectivity index (χ2v) is 4.97. The largest absolute Gasteiger partial charge is 0.496 e. The van der Waals surface area contributed by atoms with E-state index in [2.05, 4.69) is 17.6 Å². The third-order valence-electron chi connectivity index (χ3n) is 3.47. The fourth-order valence-electron chi connectivity index (χ4n) is 2.28. The highest BCUT2D eigenvalue weighted by molar-refractivity contribution is 5.97. The van der Waals surface area contributed by atoms with E-state index >= 15 is 0 Å². The van der Waals surface area contributed by atoms with Crippen molar-refractivity contribution in [1.82, 2.24) is 10.6 Å². The minimum Gasteiger partial charge on any atom is -0.496 e. The van der Waals surface area contributed by atoms with Crippen LogP contribution in [0.25, 0.3) is 0 Å². The van der Waals surface area contributed by atoms with Gasteiger partial charge in [-0.25, -0.2) is 0 Å². The minimum absolute atomic E-state index is 0. The first kappa shape index (κ1) is 15.8. The number of rotatable bonds is 3. The number of ether oxygens (including phenoxy) is 1. The molecule has 106 valence electrons. The van der Waals surface area contributed by atoms with Crippen LogP contribution in [-0.2, 0) is 0 Å². The molecule has 0 saturated carbocycles. The van der Waals surface area contributed by atoms with Crippen LogP contribution < -0.4 is 15.4 Å². The van der Waals surface area contributed by atoms with Crippen LogP contribution in [0, 0.1) is 0 Å². The maximum atomic E-state index is 12.3. The van der Waals surface area contributed by atoms with E-state index in [0.29, 0.717) is 11.3 Å². The molecule has 1 heterocycles. The molecule has 5 heteroatoms. The van der Waals surface area contributed by atoms with Crippen molar-refractivity contribution >= 4 is 18.3 Å². The number of nitrogens with one attached hydrogen (secondary N) is 2. The molecule has 0 unspecified atom stereocenters. The molecule has 19 heavy (non-hydrogen) atoms. The molecule has 1 aliphatic heterocycles. The van der Waals surface area contributed by atoms with Gasteiger partial charge in [0, 0.05) is 5.54 Å². The molecule has 1 aromatic carbocycles. The van der Waals surface area contributed by atoms with Crippen LogP contribution in [0.15, 0.2) is 24.3 Å². The van der Waals surface area contributed by atoms with Gasteiger partial charge in [0.15, 0.2) is 0 Å². The summed E-state index contributed by atoms with van der Waals surface area (Å²) in [4.78, 5) is 12.3. The summed E-state index contributed by atoms with van der Waals surface area (Å²) in [5.74, 6) is 0.560. The second-order valence-electron chi connectivity index (χ2n) is 4.97. The van der Waals surface area contributed by atoms with E-state index in [1.54, 1.807) is 19.2 Å². The molecule has 2 N–H and O–H groups in total. The summed E-state index contributed by atoms with van der Waals surface area (Å²) in [6.07, 6.45) is 1.90. The Labute approximate surface area is 120 Å². The normalized spacial score (nSPS) is 17.2. The summed E-state index contributed by atoms with van der Waals surface area (Å²) in [5, 5.41) is 6.43. The number of halogens is 1. The van der Waals surface area contributed by atoms with Gasteiger partial charge in [-0.3, -0.25) is 4.79 Å². The zero-order chi connectivity index (χ0) is 13.0. The van der Waals surface area contributed by atoms with Crippen molar-refractivity contribution in [2.75, 3.05) is 20.2 Å². The van der Waals surface area contributed by atoms with Crippen molar-refractivity contribution in [2.24, 2.45) is 0 Å². The summed E-state index contributed by atoms with van der Waals surface area (Å²) < 4.78 is 5.22. The SMILES string of the molecule is COc1ccccc1C(=O)NC1(C)CCNCC1.Cl. The molecule has 1 amide bonds. The number of hydrogen-bond donors (Lipinski definition) is 2. The molecule has 4 nitrogen and oxygen atoms in total. The summed E-state index contributed by atoms with van der Waals surface area (Å²) in [6, 6.07) is 7.31. The van der Waals surface area contributed by atoms with Crippen LogP contribution in [0.4, 0.5) is 0 Å². The molecule has 0 bridgehead atoms. The van der Waals surface area contributed by atoms with Crippen LogP contribution in [-0.4, -0.2) is 31.6 Å². The number of piperidine rings is 1. The Bertz CT molecular complexity index is 431. The number of carbonyl (C=O) groups is 1. The van der Waals surface area contributed by atoms with Gasteiger partial charge in [-0.05, 0) is 45.0 Å².